The third-order valence-electron chi connectivity index (χ3n) is 3.92. The van der Waals surface area contributed by atoms with Gasteiger partial charge in [-0.1, -0.05) is 20.8 Å². The Morgan fingerprint density at radius 3 is 2.83 bits per heavy atom. The van der Waals surface area contributed by atoms with Gasteiger partial charge in [0.1, 0.15) is 0 Å². The second-order valence-electron chi connectivity index (χ2n) is 5.99. The van der Waals surface area contributed by atoms with E-state index >= 15 is 0 Å². The monoisotopic (exact) mass is 270 g/mol. The van der Waals surface area contributed by atoms with E-state index in [1.165, 1.54) is 17.9 Å². The van der Waals surface area contributed by atoms with Crippen molar-refractivity contribution < 1.29 is 4.79 Å². The van der Waals surface area contributed by atoms with Gasteiger partial charge >= 0.3 is 0 Å². The highest BCUT2D eigenvalue weighted by atomic mass is 32.2. The zero-order chi connectivity index (χ0) is 13.1. The number of amides is 1. The van der Waals surface area contributed by atoms with Crippen LogP contribution >= 0.6 is 11.8 Å². The normalized spacial score (nSPS) is 32.8. The van der Waals surface area contributed by atoms with Crippen LogP contribution in [0.3, 0.4) is 0 Å². The molecule has 0 aromatic carbocycles. The number of nitrogens with one attached hydrogen (secondary N) is 1. The van der Waals surface area contributed by atoms with Crippen molar-refractivity contribution in [1.82, 2.24) is 10.2 Å². The Morgan fingerprint density at radius 1 is 1.50 bits per heavy atom. The van der Waals surface area contributed by atoms with Gasteiger partial charge in [-0.15, -0.1) is 0 Å². The highest BCUT2D eigenvalue weighted by molar-refractivity contribution is 7.99. The van der Waals surface area contributed by atoms with Crippen molar-refractivity contribution in [2.45, 2.75) is 52.2 Å². The minimum Gasteiger partial charge on any atom is -0.325 e. The predicted molar refractivity (Wildman–Crippen MR) is 77.6 cm³/mol. The van der Waals surface area contributed by atoms with Gasteiger partial charge in [-0.2, -0.15) is 11.8 Å². The molecule has 2 fully saturated rings. The van der Waals surface area contributed by atoms with Gasteiger partial charge in [0.25, 0.3) is 0 Å². The summed E-state index contributed by atoms with van der Waals surface area (Å²) in [6.07, 6.45) is 3.53. The summed E-state index contributed by atoms with van der Waals surface area (Å²) in [5.74, 6) is 4.13. The first-order valence-corrected chi connectivity index (χ1v) is 8.41. The van der Waals surface area contributed by atoms with Crippen LogP contribution in [0.4, 0.5) is 0 Å². The second-order valence-corrected chi connectivity index (χ2v) is 7.14. The van der Waals surface area contributed by atoms with E-state index in [1.807, 2.05) is 11.8 Å². The van der Waals surface area contributed by atoms with E-state index in [0.29, 0.717) is 17.7 Å². The van der Waals surface area contributed by atoms with Crippen LogP contribution in [0.25, 0.3) is 0 Å². The van der Waals surface area contributed by atoms with Crippen LogP contribution in [0.2, 0.25) is 0 Å². The third-order valence-corrected chi connectivity index (χ3v) is 5.16. The van der Waals surface area contributed by atoms with E-state index in [0.717, 1.165) is 19.4 Å². The molecule has 0 aromatic rings. The first-order chi connectivity index (χ1) is 8.61. The smallest absolute Gasteiger partial charge is 0.241 e. The van der Waals surface area contributed by atoms with Gasteiger partial charge in [0.15, 0.2) is 0 Å². The van der Waals surface area contributed by atoms with E-state index in [2.05, 4.69) is 31.0 Å². The van der Waals surface area contributed by atoms with E-state index in [4.69, 9.17) is 0 Å². The molecule has 3 atom stereocenters. The van der Waals surface area contributed by atoms with Crippen molar-refractivity contribution in [3.8, 4) is 0 Å². The molecule has 2 saturated heterocycles. The molecule has 2 aliphatic rings. The lowest BCUT2D eigenvalue weighted by atomic mass is 10.0. The minimum absolute atomic E-state index is 0.0593. The lowest BCUT2D eigenvalue weighted by Crippen LogP contribution is -2.40. The average molecular weight is 270 g/mol. The molecule has 0 radical (unpaired) electrons. The van der Waals surface area contributed by atoms with Crippen molar-refractivity contribution in [2.75, 3.05) is 18.1 Å². The van der Waals surface area contributed by atoms with Gasteiger partial charge in [0.05, 0.1) is 12.2 Å². The molecule has 4 heteroatoms. The molecule has 2 heterocycles. The van der Waals surface area contributed by atoms with Crippen LogP contribution in [0.1, 0.15) is 40.0 Å². The van der Waals surface area contributed by atoms with Crippen molar-refractivity contribution in [1.29, 1.82) is 0 Å². The summed E-state index contributed by atoms with van der Waals surface area (Å²) in [5, 5.41) is 3.52. The molecule has 18 heavy (non-hydrogen) atoms. The van der Waals surface area contributed by atoms with Crippen molar-refractivity contribution in [2.24, 2.45) is 11.8 Å². The molecule has 104 valence electrons. The van der Waals surface area contributed by atoms with E-state index < -0.39 is 0 Å². The van der Waals surface area contributed by atoms with Gasteiger partial charge in [-0.25, -0.2) is 0 Å². The van der Waals surface area contributed by atoms with Crippen molar-refractivity contribution in [3.63, 3.8) is 0 Å². The number of carbonyl (C=O) groups excluding carboxylic acids is 1. The Labute approximate surface area is 115 Å². The average Bonchev–Trinajstić information content (AvgIpc) is 2.91. The fourth-order valence-electron chi connectivity index (χ4n) is 2.95. The number of thioether (sulfide) groups is 1. The molecule has 2 aliphatic heterocycles. The first kappa shape index (κ1) is 14.2. The molecular formula is C14H26N2OS. The Bertz CT molecular complexity index is 290. The number of nitrogens with zero attached hydrogens (tertiary/aromatic N) is 1. The lowest BCUT2D eigenvalue weighted by molar-refractivity contribution is -0.130. The number of carbonyl (C=O) groups is 1. The quantitative estimate of drug-likeness (QED) is 0.832. The van der Waals surface area contributed by atoms with Gasteiger partial charge in [-0.3, -0.25) is 10.1 Å². The largest absolute Gasteiger partial charge is 0.325 e. The van der Waals surface area contributed by atoms with Crippen LogP contribution in [-0.2, 0) is 4.79 Å². The Hall–Kier alpha value is -0.220. The number of hydrogen-bond acceptors (Lipinski definition) is 3. The summed E-state index contributed by atoms with van der Waals surface area (Å²) in [4.78, 5) is 14.6. The molecular weight excluding hydrogens is 244 g/mol. The lowest BCUT2D eigenvalue weighted by Gasteiger charge is -2.25. The maximum Gasteiger partial charge on any atom is 0.241 e. The van der Waals surface area contributed by atoms with Crippen LogP contribution in [0.5, 0.6) is 0 Å². The Kier molecular flexibility index (Phi) is 4.96. The predicted octanol–water partition coefficient (Wildman–Crippen LogP) is 2.32. The van der Waals surface area contributed by atoms with Gasteiger partial charge < -0.3 is 4.90 Å². The third kappa shape index (κ3) is 3.21. The minimum atomic E-state index is 0.0593. The molecule has 2 rings (SSSR count). The van der Waals surface area contributed by atoms with E-state index in [-0.39, 0.29) is 12.2 Å². The van der Waals surface area contributed by atoms with Crippen LogP contribution < -0.4 is 5.32 Å². The number of hydrogen-bond donors (Lipinski definition) is 1. The second kappa shape index (κ2) is 6.29. The molecule has 0 saturated carbocycles. The summed E-state index contributed by atoms with van der Waals surface area (Å²) in [6.45, 7) is 7.50. The van der Waals surface area contributed by atoms with Gasteiger partial charge in [-0.05, 0) is 42.6 Å². The summed E-state index contributed by atoms with van der Waals surface area (Å²) < 4.78 is 0. The maximum absolute atomic E-state index is 12.5. The van der Waals surface area contributed by atoms with Crippen LogP contribution in [0.15, 0.2) is 0 Å². The SMILES string of the molecule is CCC1NC(CC(C)C)C(=O)N1CC1CCSC1. The topological polar surface area (TPSA) is 32.3 Å². The molecule has 0 bridgehead atoms. The van der Waals surface area contributed by atoms with Crippen molar-refractivity contribution >= 4 is 17.7 Å². The summed E-state index contributed by atoms with van der Waals surface area (Å²) in [5.41, 5.74) is 0. The molecule has 0 aromatic heterocycles. The highest BCUT2D eigenvalue weighted by Gasteiger charge is 2.39. The number of rotatable bonds is 5. The van der Waals surface area contributed by atoms with Gasteiger partial charge in [0, 0.05) is 6.54 Å². The molecule has 0 spiro atoms. The molecule has 3 unspecified atom stereocenters. The zero-order valence-electron chi connectivity index (χ0n) is 11.8. The van der Waals surface area contributed by atoms with Gasteiger partial charge in [0.2, 0.25) is 5.91 Å². The first-order valence-electron chi connectivity index (χ1n) is 7.26. The molecule has 1 amide bonds. The highest BCUT2D eigenvalue weighted by Crippen LogP contribution is 2.27. The van der Waals surface area contributed by atoms with Crippen molar-refractivity contribution in [3.05, 3.63) is 0 Å². The molecule has 1 N–H and O–H groups in total. The Morgan fingerprint density at radius 2 is 2.28 bits per heavy atom. The fraction of sp³-hybridized carbons (Fsp3) is 0.929. The maximum atomic E-state index is 12.5. The molecule has 3 nitrogen and oxygen atoms in total. The summed E-state index contributed by atoms with van der Waals surface area (Å²) in [7, 11) is 0. The van der Waals surface area contributed by atoms with Crippen LogP contribution in [-0.4, -0.2) is 41.1 Å². The van der Waals surface area contributed by atoms with E-state index in [1.54, 1.807) is 0 Å². The molecule has 0 aliphatic carbocycles. The summed E-state index contributed by atoms with van der Waals surface area (Å²) in [6, 6.07) is 0.0593. The Balaban J connectivity index is 1.96. The standard InChI is InChI=1S/C14H26N2OS/c1-4-13-15-12(7-10(2)3)14(17)16(13)8-11-5-6-18-9-11/h10-13,15H,4-9H2,1-3H3. The summed E-state index contributed by atoms with van der Waals surface area (Å²) >= 11 is 2.03. The zero-order valence-corrected chi connectivity index (χ0v) is 12.6. The van der Waals surface area contributed by atoms with Crippen LogP contribution in [0, 0.1) is 11.8 Å². The fourth-order valence-corrected chi connectivity index (χ4v) is 4.22. The van der Waals surface area contributed by atoms with E-state index in [9.17, 15) is 4.79 Å².